The van der Waals surface area contributed by atoms with Crippen molar-refractivity contribution in [3.63, 3.8) is 0 Å². The Morgan fingerprint density at radius 3 is 2.37 bits per heavy atom. The molecule has 0 saturated carbocycles. The van der Waals surface area contributed by atoms with Gasteiger partial charge in [0.15, 0.2) is 0 Å². The predicted molar refractivity (Wildman–Crippen MR) is 78.8 cm³/mol. The smallest absolute Gasteiger partial charge is 0.307 e. The summed E-state index contributed by atoms with van der Waals surface area (Å²) in [6, 6.07) is 9.61. The van der Waals surface area contributed by atoms with E-state index < -0.39 is 5.69 Å². The molecule has 0 aliphatic carbocycles. The molecule has 0 spiro atoms. The van der Waals surface area contributed by atoms with Crippen molar-refractivity contribution in [2.75, 3.05) is 0 Å². The molecule has 0 radical (unpaired) electrons. The minimum absolute atomic E-state index is 0.354. The van der Waals surface area contributed by atoms with E-state index in [-0.39, 0.29) is 5.56 Å². The Morgan fingerprint density at radius 1 is 0.895 bits per heavy atom. The van der Waals surface area contributed by atoms with E-state index in [4.69, 9.17) is 0 Å². The molecule has 0 aliphatic rings. The molecule has 2 N–H and O–H groups in total. The fourth-order valence-corrected chi connectivity index (χ4v) is 2.03. The highest BCUT2D eigenvalue weighted by Gasteiger charge is 2.03. The van der Waals surface area contributed by atoms with Gasteiger partial charge in [0.2, 0.25) is 0 Å². The van der Waals surface area contributed by atoms with Crippen molar-refractivity contribution >= 4 is 21.7 Å². The molecule has 4 nitrogen and oxygen atoms in total. The van der Waals surface area contributed by atoms with E-state index in [0.29, 0.717) is 10.9 Å². The van der Waals surface area contributed by atoms with Gasteiger partial charge < -0.3 is 4.98 Å². The molecular weight excluding hydrogens is 240 g/mol. The summed E-state index contributed by atoms with van der Waals surface area (Å²) < 4.78 is 0. The lowest BCUT2D eigenvalue weighted by atomic mass is 10.1. The van der Waals surface area contributed by atoms with Crippen molar-refractivity contribution in [1.82, 2.24) is 9.97 Å². The summed E-state index contributed by atoms with van der Waals surface area (Å²) in [5, 5.41) is 2.50. The van der Waals surface area contributed by atoms with E-state index in [1.165, 1.54) is 0 Å². The molecule has 3 rings (SSSR count). The van der Waals surface area contributed by atoms with Gasteiger partial charge in [-0.25, -0.2) is 4.79 Å². The molecule has 19 heavy (non-hydrogen) atoms. The number of hydrogen-bond acceptors (Lipinski definition) is 2. The second-order valence-corrected chi connectivity index (χ2v) is 4.16. The zero-order valence-electron chi connectivity index (χ0n) is 11.2. The first-order chi connectivity index (χ1) is 9.13. The molecule has 3 aromatic rings. The maximum atomic E-state index is 11.7. The normalized spacial score (nSPS) is 10.3. The SMILES string of the molecule is CC.Cc1ccc2cc3[nH]c(=O)[nH]c(=O)c3cc2c1. The van der Waals surface area contributed by atoms with Gasteiger partial charge in [-0.1, -0.05) is 37.6 Å². The van der Waals surface area contributed by atoms with E-state index in [1.807, 2.05) is 45.0 Å². The van der Waals surface area contributed by atoms with Gasteiger partial charge in [-0.2, -0.15) is 0 Å². The number of aromatic amines is 2. The van der Waals surface area contributed by atoms with Crippen molar-refractivity contribution < 1.29 is 0 Å². The Bertz CT molecular complexity index is 844. The van der Waals surface area contributed by atoms with Crippen molar-refractivity contribution in [3.8, 4) is 0 Å². The van der Waals surface area contributed by atoms with E-state index in [9.17, 15) is 9.59 Å². The van der Waals surface area contributed by atoms with Crippen molar-refractivity contribution in [3.05, 3.63) is 56.7 Å². The van der Waals surface area contributed by atoms with Gasteiger partial charge in [0.1, 0.15) is 0 Å². The van der Waals surface area contributed by atoms with Crippen LogP contribution in [0.25, 0.3) is 21.7 Å². The van der Waals surface area contributed by atoms with Gasteiger partial charge in [0, 0.05) is 0 Å². The summed E-state index contributed by atoms with van der Waals surface area (Å²) in [5.41, 5.74) is 0.869. The topological polar surface area (TPSA) is 65.7 Å². The molecule has 1 aromatic heterocycles. The Morgan fingerprint density at radius 2 is 1.63 bits per heavy atom. The fraction of sp³-hybridized carbons (Fsp3) is 0.200. The van der Waals surface area contributed by atoms with Gasteiger partial charge in [-0.15, -0.1) is 0 Å². The van der Waals surface area contributed by atoms with Crippen LogP contribution in [-0.2, 0) is 0 Å². The minimum atomic E-state index is -0.478. The number of hydrogen-bond donors (Lipinski definition) is 2. The molecule has 0 saturated heterocycles. The van der Waals surface area contributed by atoms with Crippen LogP contribution in [0.3, 0.4) is 0 Å². The summed E-state index contributed by atoms with van der Waals surface area (Å²) in [6.45, 7) is 6.00. The summed E-state index contributed by atoms with van der Waals surface area (Å²) in [5.74, 6) is 0. The monoisotopic (exact) mass is 256 g/mol. The molecule has 0 fully saturated rings. The lowest BCUT2D eigenvalue weighted by Gasteiger charge is -2.02. The number of nitrogens with one attached hydrogen (secondary N) is 2. The van der Waals surface area contributed by atoms with E-state index >= 15 is 0 Å². The average Bonchev–Trinajstić information content (AvgIpc) is 2.39. The Balaban J connectivity index is 0.000000637. The van der Waals surface area contributed by atoms with E-state index in [2.05, 4.69) is 9.97 Å². The first-order valence-corrected chi connectivity index (χ1v) is 6.30. The summed E-state index contributed by atoms with van der Waals surface area (Å²) in [4.78, 5) is 27.7. The number of rotatable bonds is 0. The van der Waals surface area contributed by atoms with E-state index in [1.54, 1.807) is 6.07 Å². The molecule has 4 heteroatoms. The molecule has 0 unspecified atom stereocenters. The fourth-order valence-electron chi connectivity index (χ4n) is 2.03. The second-order valence-electron chi connectivity index (χ2n) is 4.16. The van der Waals surface area contributed by atoms with Gasteiger partial charge in [-0.05, 0) is 29.8 Å². The predicted octanol–water partition coefficient (Wildman–Crippen LogP) is 2.70. The standard InChI is InChI=1S/C13H10N2O2.C2H6/c1-7-2-3-8-6-11-10(5-9(8)4-7)12(16)15-13(17)14-11;1-2/h2-6H,1H3,(H2,14,15,16,17);1-2H3. The van der Waals surface area contributed by atoms with Gasteiger partial charge in [0.25, 0.3) is 5.56 Å². The Hall–Kier alpha value is -2.36. The van der Waals surface area contributed by atoms with Gasteiger partial charge >= 0.3 is 5.69 Å². The highest BCUT2D eigenvalue weighted by Crippen LogP contribution is 2.19. The van der Waals surface area contributed by atoms with E-state index in [0.717, 1.165) is 16.3 Å². The molecule has 0 aliphatic heterocycles. The lowest BCUT2D eigenvalue weighted by Crippen LogP contribution is -2.21. The number of fused-ring (bicyclic) bond motifs is 2. The third-order valence-electron chi connectivity index (χ3n) is 2.85. The van der Waals surface area contributed by atoms with Crippen LogP contribution in [0.15, 0.2) is 39.9 Å². The average molecular weight is 256 g/mol. The molecule has 0 atom stereocenters. The van der Waals surface area contributed by atoms with Crippen molar-refractivity contribution in [2.45, 2.75) is 20.8 Å². The molecule has 1 heterocycles. The van der Waals surface area contributed by atoms with Gasteiger partial charge in [-0.3, -0.25) is 9.78 Å². The number of aromatic nitrogens is 2. The molecule has 98 valence electrons. The summed E-state index contributed by atoms with van der Waals surface area (Å²) in [6.07, 6.45) is 0. The van der Waals surface area contributed by atoms with Crippen LogP contribution in [0.5, 0.6) is 0 Å². The Labute approximate surface area is 110 Å². The maximum absolute atomic E-state index is 11.7. The highest BCUT2D eigenvalue weighted by molar-refractivity contribution is 5.96. The largest absolute Gasteiger partial charge is 0.326 e. The van der Waals surface area contributed by atoms with Crippen molar-refractivity contribution in [2.24, 2.45) is 0 Å². The van der Waals surface area contributed by atoms with Crippen LogP contribution in [0.1, 0.15) is 19.4 Å². The number of aryl methyl sites for hydroxylation is 1. The second kappa shape index (κ2) is 5.10. The van der Waals surface area contributed by atoms with Crippen LogP contribution >= 0.6 is 0 Å². The van der Waals surface area contributed by atoms with Crippen LogP contribution in [0.4, 0.5) is 0 Å². The van der Waals surface area contributed by atoms with Crippen LogP contribution in [0, 0.1) is 6.92 Å². The minimum Gasteiger partial charge on any atom is -0.307 e. The maximum Gasteiger partial charge on any atom is 0.326 e. The van der Waals surface area contributed by atoms with Crippen molar-refractivity contribution in [1.29, 1.82) is 0 Å². The Kier molecular flexibility index (Phi) is 3.51. The van der Waals surface area contributed by atoms with Crippen LogP contribution in [0.2, 0.25) is 0 Å². The van der Waals surface area contributed by atoms with Gasteiger partial charge in [0.05, 0.1) is 10.9 Å². The van der Waals surface area contributed by atoms with Crippen LogP contribution in [-0.4, -0.2) is 9.97 Å². The molecule has 0 amide bonds. The lowest BCUT2D eigenvalue weighted by molar-refractivity contribution is 1.08. The summed E-state index contributed by atoms with van der Waals surface area (Å²) >= 11 is 0. The molecule has 0 bridgehead atoms. The quantitative estimate of drug-likeness (QED) is 0.607. The third-order valence-corrected chi connectivity index (χ3v) is 2.85. The highest BCUT2D eigenvalue weighted by atomic mass is 16.2. The number of H-pyrrole nitrogens is 2. The first-order valence-electron chi connectivity index (χ1n) is 6.30. The first kappa shape index (κ1) is 13.1. The summed E-state index contributed by atoms with van der Waals surface area (Å²) in [7, 11) is 0. The third kappa shape index (κ3) is 2.42. The van der Waals surface area contributed by atoms with Crippen LogP contribution < -0.4 is 11.2 Å². The molecular formula is C15H16N2O2. The number of benzene rings is 2. The zero-order chi connectivity index (χ0) is 14.0. The zero-order valence-corrected chi connectivity index (χ0v) is 11.2. The molecule has 2 aromatic carbocycles.